The summed E-state index contributed by atoms with van der Waals surface area (Å²) < 4.78 is 12.0. The van der Waals surface area contributed by atoms with Crippen LogP contribution in [-0.2, 0) is 9.47 Å². The predicted molar refractivity (Wildman–Crippen MR) is 78.2 cm³/mol. The van der Waals surface area contributed by atoms with Crippen LogP contribution < -0.4 is 0 Å². The van der Waals surface area contributed by atoms with Crippen molar-refractivity contribution in [1.82, 2.24) is 0 Å². The molecule has 1 aliphatic heterocycles. The molecule has 3 aliphatic rings. The minimum atomic E-state index is -0.893. The molecule has 20 heavy (non-hydrogen) atoms. The Balaban J connectivity index is 2.08. The molecule has 2 aliphatic carbocycles. The molecule has 3 atom stereocenters. The van der Waals surface area contributed by atoms with Gasteiger partial charge in [0.25, 0.3) is 0 Å². The van der Waals surface area contributed by atoms with Crippen molar-refractivity contribution in [1.29, 1.82) is 0 Å². The number of aliphatic hydroxyl groups is 1. The predicted octanol–water partition coefficient (Wildman–Crippen LogP) is 3.27. The topological polar surface area (TPSA) is 38.7 Å². The summed E-state index contributed by atoms with van der Waals surface area (Å²) >= 11 is 0. The molecule has 2 fully saturated rings. The first-order valence-corrected chi connectivity index (χ1v) is 8.02. The molecule has 0 aromatic rings. The highest BCUT2D eigenvalue weighted by atomic mass is 16.7. The van der Waals surface area contributed by atoms with Crippen molar-refractivity contribution in [2.75, 3.05) is 13.2 Å². The number of allylic oxidation sites excluding steroid dienone is 1. The van der Waals surface area contributed by atoms with Gasteiger partial charge in [-0.25, -0.2) is 0 Å². The average Bonchev–Trinajstić information content (AvgIpc) is 2.80. The summed E-state index contributed by atoms with van der Waals surface area (Å²) in [4.78, 5) is 0. The molecule has 1 saturated carbocycles. The summed E-state index contributed by atoms with van der Waals surface area (Å²) in [6.45, 7) is 9.67. The van der Waals surface area contributed by atoms with Gasteiger partial charge in [0.15, 0.2) is 5.79 Å². The highest BCUT2D eigenvalue weighted by molar-refractivity contribution is 5.31. The quantitative estimate of drug-likeness (QED) is 0.749. The first-order valence-electron chi connectivity index (χ1n) is 8.02. The molecule has 0 aromatic heterocycles. The molecule has 1 N–H and O–H groups in total. The second-order valence-electron chi connectivity index (χ2n) is 7.67. The van der Waals surface area contributed by atoms with Crippen LogP contribution in [0.15, 0.2) is 11.6 Å². The van der Waals surface area contributed by atoms with E-state index in [1.165, 1.54) is 19.3 Å². The third-order valence-corrected chi connectivity index (χ3v) is 5.92. The fraction of sp³-hybridized carbons (Fsp3) is 0.882. The number of hydrogen-bond donors (Lipinski definition) is 1. The fourth-order valence-corrected chi connectivity index (χ4v) is 4.50. The number of ether oxygens (including phenoxy) is 2. The summed E-state index contributed by atoms with van der Waals surface area (Å²) in [5.41, 5.74) is 0.207. The van der Waals surface area contributed by atoms with Gasteiger partial charge in [-0.3, -0.25) is 0 Å². The smallest absolute Gasteiger partial charge is 0.193 e. The second kappa shape index (κ2) is 4.56. The van der Waals surface area contributed by atoms with Crippen LogP contribution in [0.25, 0.3) is 0 Å². The molecule has 0 amide bonds. The van der Waals surface area contributed by atoms with Crippen LogP contribution in [0.5, 0.6) is 0 Å². The van der Waals surface area contributed by atoms with Gasteiger partial charge in [0, 0.05) is 12.0 Å². The van der Waals surface area contributed by atoms with Crippen molar-refractivity contribution >= 4 is 0 Å². The van der Waals surface area contributed by atoms with E-state index in [2.05, 4.69) is 19.9 Å². The van der Waals surface area contributed by atoms with Gasteiger partial charge < -0.3 is 14.6 Å². The minimum Gasteiger partial charge on any atom is -0.386 e. The van der Waals surface area contributed by atoms with Gasteiger partial charge in [0.2, 0.25) is 0 Å². The van der Waals surface area contributed by atoms with Gasteiger partial charge in [0.05, 0.1) is 18.8 Å². The van der Waals surface area contributed by atoms with Crippen LogP contribution in [0.4, 0.5) is 0 Å². The summed E-state index contributed by atoms with van der Waals surface area (Å²) in [5.74, 6) is 0.576. The molecule has 0 unspecified atom stereocenters. The van der Waals surface area contributed by atoms with Crippen LogP contribution >= 0.6 is 0 Å². The van der Waals surface area contributed by atoms with Crippen LogP contribution in [0.2, 0.25) is 0 Å². The Morgan fingerprint density at radius 2 is 1.90 bits per heavy atom. The maximum absolute atomic E-state index is 10.6. The standard InChI is InChI=1S/C17H28O3/c1-12-6-5-7-13-10-17(19-8-9-20-17)14(15(2,3)18)11-16(12,13)4/h11-13,18H,5-10H2,1-4H3/t12-,13+,16+/m1/s1. The Hall–Kier alpha value is -0.380. The molecule has 114 valence electrons. The molecule has 1 spiro atoms. The molecule has 0 aromatic carbocycles. The van der Waals surface area contributed by atoms with E-state index in [1.807, 2.05) is 13.8 Å². The monoisotopic (exact) mass is 280 g/mol. The van der Waals surface area contributed by atoms with Crippen molar-refractivity contribution in [3.63, 3.8) is 0 Å². The van der Waals surface area contributed by atoms with Gasteiger partial charge in [0.1, 0.15) is 0 Å². The molecule has 3 heteroatoms. The lowest BCUT2D eigenvalue weighted by molar-refractivity contribution is -0.176. The lowest BCUT2D eigenvalue weighted by Crippen LogP contribution is -2.52. The molecule has 1 heterocycles. The Morgan fingerprint density at radius 1 is 1.25 bits per heavy atom. The fourth-order valence-electron chi connectivity index (χ4n) is 4.50. The third kappa shape index (κ3) is 2.06. The van der Waals surface area contributed by atoms with Crippen LogP contribution in [-0.4, -0.2) is 29.7 Å². The maximum atomic E-state index is 10.6. The van der Waals surface area contributed by atoms with Crippen LogP contribution in [0, 0.1) is 17.3 Å². The zero-order valence-electron chi connectivity index (χ0n) is 13.2. The van der Waals surface area contributed by atoms with Crippen LogP contribution in [0.1, 0.15) is 53.4 Å². The number of fused-ring (bicyclic) bond motifs is 1. The van der Waals surface area contributed by atoms with E-state index in [9.17, 15) is 5.11 Å². The van der Waals surface area contributed by atoms with Crippen molar-refractivity contribution < 1.29 is 14.6 Å². The van der Waals surface area contributed by atoms with E-state index >= 15 is 0 Å². The van der Waals surface area contributed by atoms with Crippen molar-refractivity contribution in [3.8, 4) is 0 Å². The number of hydrogen-bond acceptors (Lipinski definition) is 3. The molecule has 3 rings (SSSR count). The molecule has 1 saturated heterocycles. The highest BCUT2D eigenvalue weighted by Gasteiger charge is 2.56. The molecule has 0 bridgehead atoms. The lowest BCUT2D eigenvalue weighted by Gasteiger charge is -2.53. The Labute approximate surface area is 122 Å². The maximum Gasteiger partial charge on any atom is 0.193 e. The third-order valence-electron chi connectivity index (χ3n) is 5.92. The van der Waals surface area contributed by atoms with Crippen molar-refractivity contribution in [2.24, 2.45) is 17.3 Å². The van der Waals surface area contributed by atoms with Gasteiger partial charge in [-0.2, -0.15) is 0 Å². The Kier molecular flexibility index (Phi) is 3.32. The zero-order chi connectivity index (χ0) is 14.6. The van der Waals surface area contributed by atoms with Gasteiger partial charge >= 0.3 is 0 Å². The zero-order valence-corrected chi connectivity index (χ0v) is 13.2. The molecule has 3 nitrogen and oxygen atoms in total. The van der Waals surface area contributed by atoms with Crippen molar-refractivity contribution in [2.45, 2.75) is 64.8 Å². The van der Waals surface area contributed by atoms with Gasteiger partial charge in [-0.1, -0.05) is 26.3 Å². The van der Waals surface area contributed by atoms with E-state index < -0.39 is 11.4 Å². The van der Waals surface area contributed by atoms with Gasteiger partial charge in [-0.15, -0.1) is 0 Å². The first-order chi connectivity index (χ1) is 9.28. The first kappa shape index (κ1) is 14.6. The summed E-state index contributed by atoms with van der Waals surface area (Å²) in [6.07, 6.45) is 7.01. The average molecular weight is 280 g/mol. The van der Waals surface area contributed by atoms with Gasteiger partial charge in [-0.05, 0) is 43.9 Å². The summed E-state index contributed by atoms with van der Waals surface area (Å²) in [6, 6.07) is 0. The normalized spacial score (nSPS) is 40.5. The largest absolute Gasteiger partial charge is 0.386 e. The SMILES string of the molecule is C[C@@H]1CCC[C@H]2CC3(OCCO3)C(C(C)(C)O)=C[C@]21C. The van der Waals surface area contributed by atoms with E-state index in [0.29, 0.717) is 25.0 Å². The van der Waals surface area contributed by atoms with E-state index in [0.717, 1.165) is 12.0 Å². The molecule has 0 radical (unpaired) electrons. The summed E-state index contributed by atoms with van der Waals surface area (Å²) in [5, 5.41) is 10.6. The summed E-state index contributed by atoms with van der Waals surface area (Å²) in [7, 11) is 0. The molecular weight excluding hydrogens is 252 g/mol. The van der Waals surface area contributed by atoms with E-state index in [1.54, 1.807) is 0 Å². The van der Waals surface area contributed by atoms with Crippen LogP contribution in [0.3, 0.4) is 0 Å². The minimum absolute atomic E-state index is 0.161. The lowest BCUT2D eigenvalue weighted by atomic mass is 9.55. The second-order valence-corrected chi connectivity index (χ2v) is 7.67. The number of rotatable bonds is 1. The van der Waals surface area contributed by atoms with Crippen molar-refractivity contribution in [3.05, 3.63) is 11.6 Å². The van der Waals surface area contributed by atoms with E-state index in [4.69, 9.17) is 9.47 Å². The Morgan fingerprint density at radius 3 is 2.50 bits per heavy atom. The Bertz CT molecular complexity index is 414. The van der Waals surface area contributed by atoms with E-state index in [-0.39, 0.29) is 5.41 Å². The highest BCUT2D eigenvalue weighted by Crippen LogP contribution is 2.57. The molecular formula is C17H28O3.